The Morgan fingerprint density at radius 2 is 2.00 bits per heavy atom. The van der Waals surface area contributed by atoms with Crippen LogP contribution in [0.2, 0.25) is 0 Å². The molecule has 2 N–H and O–H groups in total. The summed E-state index contributed by atoms with van der Waals surface area (Å²) in [7, 11) is 0. The Morgan fingerprint density at radius 3 is 2.57 bits per heavy atom. The molecule has 0 aliphatic rings. The van der Waals surface area contributed by atoms with Gasteiger partial charge in [0.1, 0.15) is 4.88 Å². The Morgan fingerprint density at radius 1 is 1.29 bits per heavy atom. The van der Waals surface area contributed by atoms with E-state index in [2.05, 4.69) is 5.32 Å². The number of nitrogens with one attached hydrogen (secondary N) is 1. The average molecular weight is 315 g/mol. The number of carboxylic acid groups (broad SMARTS) is 1. The molecule has 112 valence electrons. The summed E-state index contributed by atoms with van der Waals surface area (Å²) in [5, 5.41) is 11.7. The predicted octanol–water partition coefficient (Wildman–Crippen LogP) is 4.39. The number of alkyl halides is 3. The zero-order chi connectivity index (χ0) is 15.6. The van der Waals surface area contributed by atoms with E-state index in [0.29, 0.717) is 5.69 Å². The van der Waals surface area contributed by atoms with Crippen molar-refractivity contribution >= 4 is 23.0 Å². The van der Waals surface area contributed by atoms with Crippen molar-refractivity contribution in [3.05, 3.63) is 51.2 Å². The molecule has 1 aromatic heterocycles. The number of hydrogen-bond acceptors (Lipinski definition) is 3. The highest BCUT2D eigenvalue weighted by molar-refractivity contribution is 7.13. The van der Waals surface area contributed by atoms with Crippen LogP contribution in [0.15, 0.2) is 30.3 Å². The van der Waals surface area contributed by atoms with Gasteiger partial charge in [0.05, 0.1) is 5.56 Å². The van der Waals surface area contributed by atoms with E-state index in [9.17, 15) is 18.0 Å². The third-order valence-electron chi connectivity index (χ3n) is 2.88. The van der Waals surface area contributed by atoms with Gasteiger partial charge in [-0.3, -0.25) is 0 Å². The smallest absolute Gasteiger partial charge is 0.416 e. The lowest BCUT2D eigenvalue weighted by molar-refractivity contribution is -0.138. The lowest BCUT2D eigenvalue weighted by Crippen LogP contribution is -2.08. The first-order chi connectivity index (χ1) is 9.77. The summed E-state index contributed by atoms with van der Waals surface area (Å²) in [5.74, 6) is -1.01. The second-order valence-corrected chi connectivity index (χ2v) is 5.62. The average Bonchev–Trinajstić information content (AvgIpc) is 2.85. The SMILES string of the molecule is Cc1ccc(NCc2ccc(C(=O)O)s2)cc1C(F)(F)F. The maximum atomic E-state index is 12.8. The van der Waals surface area contributed by atoms with Crippen molar-refractivity contribution in [2.24, 2.45) is 0 Å². The third kappa shape index (κ3) is 3.75. The van der Waals surface area contributed by atoms with Crippen molar-refractivity contribution in [1.82, 2.24) is 0 Å². The van der Waals surface area contributed by atoms with Gasteiger partial charge in [-0.05, 0) is 36.8 Å². The first-order valence-electron chi connectivity index (χ1n) is 6.01. The normalized spacial score (nSPS) is 11.4. The van der Waals surface area contributed by atoms with Crippen molar-refractivity contribution in [1.29, 1.82) is 0 Å². The Hall–Kier alpha value is -2.02. The minimum absolute atomic E-state index is 0.164. The van der Waals surface area contributed by atoms with E-state index in [4.69, 9.17) is 5.11 Å². The molecule has 7 heteroatoms. The molecule has 0 fully saturated rings. The molecule has 3 nitrogen and oxygen atoms in total. The van der Waals surface area contributed by atoms with Crippen LogP contribution in [0.25, 0.3) is 0 Å². The van der Waals surface area contributed by atoms with Crippen molar-refractivity contribution in [3.63, 3.8) is 0 Å². The summed E-state index contributed by atoms with van der Waals surface area (Å²) in [6, 6.07) is 7.14. The van der Waals surface area contributed by atoms with E-state index in [1.807, 2.05) is 0 Å². The number of anilines is 1. The molecule has 0 amide bonds. The summed E-state index contributed by atoms with van der Waals surface area (Å²) in [6.45, 7) is 1.68. The molecule has 0 saturated heterocycles. The van der Waals surface area contributed by atoms with Crippen LogP contribution >= 0.6 is 11.3 Å². The number of rotatable bonds is 4. The zero-order valence-corrected chi connectivity index (χ0v) is 11.8. The highest BCUT2D eigenvalue weighted by Crippen LogP contribution is 2.33. The van der Waals surface area contributed by atoms with Gasteiger partial charge in [-0.2, -0.15) is 13.2 Å². The van der Waals surface area contributed by atoms with Crippen LogP contribution in [-0.2, 0) is 12.7 Å². The Bertz CT molecular complexity index is 664. The van der Waals surface area contributed by atoms with E-state index < -0.39 is 17.7 Å². The Balaban J connectivity index is 2.11. The van der Waals surface area contributed by atoms with Crippen LogP contribution in [0, 0.1) is 6.92 Å². The van der Waals surface area contributed by atoms with Gasteiger partial charge in [-0.1, -0.05) is 6.07 Å². The Labute approximate surface area is 123 Å². The number of carbonyl (C=O) groups is 1. The number of carboxylic acids is 1. The molecule has 0 unspecified atom stereocenters. The standard InChI is InChI=1S/C14H12F3NO2S/c1-8-2-3-9(6-11(8)14(15,16)17)18-7-10-4-5-12(21-10)13(19)20/h2-6,18H,7H2,1H3,(H,19,20). The van der Waals surface area contributed by atoms with E-state index in [1.54, 1.807) is 12.1 Å². The maximum Gasteiger partial charge on any atom is 0.416 e. The van der Waals surface area contributed by atoms with Gasteiger partial charge < -0.3 is 10.4 Å². The minimum Gasteiger partial charge on any atom is -0.477 e. The molecule has 0 aliphatic heterocycles. The summed E-state index contributed by atoms with van der Waals surface area (Å²) < 4.78 is 38.4. The largest absolute Gasteiger partial charge is 0.477 e. The molecule has 0 spiro atoms. The lowest BCUT2D eigenvalue weighted by Gasteiger charge is -2.13. The van der Waals surface area contributed by atoms with Gasteiger partial charge in [0.2, 0.25) is 0 Å². The van der Waals surface area contributed by atoms with Crippen LogP contribution in [-0.4, -0.2) is 11.1 Å². The van der Waals surface area contributed by atoms with E-state index in [1.165, 1.54) is 19.1 Å². The minimum atomic E-state index is -4.39. The molecular formula is C14H12F3NO2S. The highest BCUT2D eigenvalue weighted by atomic mass is 32.1. The molecule has 1 aromatic carbocycles. The fraction of sp³-hybridized carbons (Fsp3) is 0.214. The van der Waals surface area contributed by atoms with Crippen molar-refractivity contribution in [2.45, 2.75) is 19.6 Å². The molecule has 1 heterocycles. The third-order valence-corrected chi connectivity index (χ3v) is 3.96. The number of aryl methyl sites for hydroxylation is 1. The van der Waals surface area contributed by atoms with Crippen LogP contribution in [0.4, 0.5) is 18.9 Å². The van der Waals surface area contributed by atoms with Crippen LogP contribution in [0.5, 0.6) is 0 Å². The molecule has 0 aliphatic carbocycles. The second kappa shape index (κ2) is 5.77. The maximum absolute atomic E-state index is 12.8. The molecule has 0 radical (unpaired) electrons. The van der Waals surface area contributed by atoms with Crippen LogP contribution in [0.3, 0.4) is 0 Å². The number of halogens is 3. The second-order valence-electron chi connectivity index (χ2n) is 4.45. The van der Waals surface area contributed by atoms with Gasteiger partial charge in [-0.15, -0.1) is 11.3 Å². The number of aromatic carboxylic acids is 1. The first-order valence-corrected chi connectivity index (χ1v) is 6.83. The topological polar surface area (TPSA) is 49.3 Å². The van der Waals surface area contributed by atoms with Gasteiger partial charge >= 0.3 is 12.1 Å². The molecule has 0 atom stereocenters. The summed E-state index contributed by atoms with van der Waals surface area (Å²) in [6.07, 6.45) is -4.39. The van der Waals surface area contributed by atoms with Crippen LogP contribution < -0.4 is 5.32 Å². The van der Waals surface area contributed by atoms with E-state index in [-0.39, 0.29) is 17.0 Å². The first kappa shape index (κ1) is 15.4. The van der Waals surface area contributed by atoms with Crippen LogP contribution in [0.1, 0.15) is 25.7 Å². The monoisotopic (exact) mass is 315 g/mol. The molecule has 2 aromatic rings. The molecule has 0 bridgehead atoms. The Kier molecular flexibility index (Phi) is 4.22. The van der Waals surface area contributed by atoms with Gasteiger partial charge in [0.25, 0.3) is 0 Å². The van der Waals surface area contributed by atoms with Crippen molar-refractivity contribution in [3.8, 4) is 0 Å². The van der Waals surface area contributed by atoms with E-state index in [0.717, 1.165) is 22.3 Å². The molecule has 21 heavy (non-hydrogen) atoms. The molecular weight excluding hydrogens is 303 g/mol. The lowest BCUT2D eigenvalue weighted by atomic mass is 10.1. The van der Waals surface area contributed by atoms with Gasteiger partial charge in [0, 0.05) is 17.1 Å². The summed E-state index contributed by atoms with van der Waals surface area (Å²) in [5.41, 5.74) is -0.166. The fourth-order valence-corrected chi connectivity index (χ4v) is 2.60. The summed E-state index contributed by atoms with van der Waals surface area (Å²) in [4.78, 5) is 11.7. The number of thiophene rings is 1. The van der Waals surface area contributed by atoms with E-state index >= 15 is 0 Å². The highest BCUT2D eigenvalue weighted by Gasteiger charge is 2.32. The fourth-order valence-electron chi connectivity index (χ4n) is 1.81. The quantitative estimate of drug-likeness (QED) is 0.880. The van der Waals surface area contributed by atoms with Gasteiger partial charge in [0.15, 0.2) is 0 Å². The van der Waals surface area contributed by atoms with Gasteiger partial charge in [-0.25, -0.2) is 4.79 Å². The predicted molar refractivity (Wildman–Crippen MR) is 74.8 cm³/mol. The zero-order valence-electron chi connectivity index (χ0n) is 11.0. The van der Waals surface area contributed by atoms with Crippen molar-refractivity contribution < 1.29 is 23.1 Å². The number of benzene rings is 1. The molecule has 0 saturated carbocycles. The summed E-state index contributed by atoms with van der Waals surface area (Å²) >= 11 is 1.09. The number of hydrogen-bond donors (Lipinski definition) is 2. The van der Waals surface area contributed by atoms with Crippen molar-refractivity contribution in [2.75, 3.05) is 5.32 Å². The molecule has 2 rings (SSSR count).